The number of halogens is 2. The number of aryl methyl sites for hydroxylation is 1. The predicted octanol–water partition coefficient (Wildman–Crippen LogP) is 2.44. The normalized spacial score (nSPS) is 16.3. The Morgan fingerprint density at radius 1 is 1.47 bits per heavy atom. The fourth-order valence-electron chi connectivity index (χ4n) is 2.16. The summed E-state index contributed by atoms with van der Waals surface area (Å²) in [5.74, 6) is -0.0248. The van der Waals surface area contributed by atoms with E-state index in [0.717, 1.165) is 37.1 Å². The van der Waals surface area contributed by atoms with E-state index in [2.05, 4.69) is 17.2 Å². The first kappa shape index (κ1) is 18.6. The van der Waals surface area contributed by atoms with Crippen LogP contribution in [0, 0.1) is 0 Å². The van der Waals surface area contributed by atoms with Crippen molar-refractivity contribution in [3.63, 3.8) is 0 Å². The van der Waals surface area contributed by atoms with E-state index in [0.29, 0.717) is 6.54 Å². The van der Waals surface area contributed by atoms with Gasteiger partial charge in [-0.2, -0.15) is 0 Å². The van der Waals surface area contributed by atoms with E-state index in [1.807, 2.05) is 6.20 Å². The van der Waals surface area contributed by atoms with Gasteiger partial charge in [0.1, 0.15) is 5.01 Å². The smallest absolute Gasteiger partial charge is 0.240 e. The molecule has 0 radical (unpaired) electrons. The molecule has 1 fully saturated rings. The van der Waals surface area contributed by atoms with Gasteiger partial charge in [-0.1, -0.05) is 19.8 Å². The van der Waals surface area contributed by atoms with Gasteiger partial charge in [0.2, 0.25) is 5.91 Å². The Labute approximate surface area is 130 Å². The van der Waals surface area contributed by atoms with E-state index in [1.165, 1.54) is 4.88 Å². The Hall–Kier alpha value is -0.360. The largest absolute Gasteiger partial charge is 0.348 e. The van der Waals surface area contributed by atoms with E-state index < -0.39 is 5.54 Å². The second-order valence-electron chi connectivity index (χ2n) is 4.62. The van der Waals surface area contributed by atoms with Crippen molar-refractivity contribution in [3.05, 3.63) is 16.1 Å². The molecule has 0 aromatic carbocycles. The van der Waals surface area contributed by atoms with Crippen molar-refractivity contribution < 1.29 is 4.79 Å². The van der Waals surface area contributed by atoms with Gasteiger partial charge in [0.05, 0.1) is 12.1 Å². The summed E-state index contributed by atoms with van der Waals surface area (Å²) < 4.78 is 0. The lowest BCUT2D eigenvalue weighted by Gasteiger charge is -2.21. The Morgan fingerprint density at radius 3 is 2.63 bits per heavy atom. The van der Waals surface area contributed by atoms with Crippen molar-refractivity contribution in [2.45, 2.75) is 51.1 Å². The van der Waals surface area contributed by atoms with Crippen molar-refractivity contribution in [2.24, 2.45) is 5.73 Å². The molecule has 1 aromatic rings. The number of carbonyl (C=O) groups is 1. The number of aromatic nitrogens is 1. The quantitative estimate of drug-likeness (QED) is 0.893. The average molecular weight is 326 g/mol. The average Bonchev–Trinajstić information content (AvgIpc) is 2.95. The number of nitrogens with one attached hydrogen (secondary N) is 1. The van der Waals surface area contributed by atoms with Crippen molar-refractivity contribution in [3.8, 4) is 0 Å². The van der Waals surface area contributed by atoms with Gasteiger partial charge in [0.25, 0.3) is 0 Å². The molecule has 0 saturated heterocycles. The topological polar surface area (TPSA) is 68.0 Å². The summed E-state index contributed by atoms with van der Waals surface area (Å²) in [6.07, 6.45) is 6.59. The number of thiazole rings is 1. The van der Waals surface area contributed by atoms with Gasteiger partial charge < -0.3 is 11.1 Å². The van der Waals surface area contributed by atoms with Crippen LogP contribution < -0.4 is 11.1 Å². The first-order valence-electron chi connectivity index (χ1n) is 6.15. The number of carbonyl (C=O) groups excluding carboxylic acids is 1. The summed E-state index contributed by atoms with van der Waals surface area (Å²) in [5, 5.41) is 3.86. The second kappa shape index (κ2) is 8.04. The number of nitrogens with two attached hydrogens (primary N) is 1. The van der Waals surface area contributed by atoms with Crippen molar-refractivity contribution >= 4 is 42.1 Å². The summed E-state index contributed by atoms with van der Waals surface area (Å²) in [6.45, 7) is 2.60. The molecule has 1 aliphatic carbocycles. The van der Waals surface area contributed by atoms with Crippen molar-refractivity contribution in [1.82, 2.24) is 10.3 Å². The highest BCUT2D eigenvalue weighted by molar-refractivity contribution is 7.11. The number of rotatable bonds is 4. The predicted molar refractivity (Wildman–Crippen MR) is 83.2 cm³/mol. The number of hydrogen-bond donors (Lipinski definition) is 2. The maximum absolute atomic E-state index is 12.0. The fraction of sp³-hybridized carbons (Fsp3) is 0.667. The van der Waals surface area contributed by atoms with Gasteiger partial charge in [0.15, 0.2) is 0 Å². The zero-order chi connectivity index (χ0) is 12.3. The molecular weight excluding hydrogens is 305 g/mol. The van der Waals surface area contributed by atoms with Gasteiger partial charge in [-0.25, -0.2) is 4.98 Å². The van der Waals surface area contributed by atoms with E-state index in [-0.39, 0.29) is 30.7 Å². The molecule has 4 nitrogen and oxygen atoms in total. The molecule has 19 heavy (non-hydrogen) atoms. The third-order valence-corrected chi connectivity index (χ3v) is 4.44. The van der Waals surface area contributed by atoms with E-state index in [9.17, 15) is 4.79 Å². The molecule has 7 heteroatoms. The van der Waals surface area contributed by atoms with E-state index >= 15 is 0 Å². The highest BCUT2D eigenvalue weighted by atomic mass is 35.5. The van der Waals surface area contributed by atoms with E-state index in [1.54, 1.807) is 11.3 Å². The molecular formula is C12H21Cl2N3OS. The minimum atomic E-state index is -0.634. The summed E-state index contributed by atoms with van der Waals surface area (Å²) in [7, 11) is 0. The Kier molecular flexibility index (Phi) is 7.89. The Morgan fingerprint density at radius 2 is 2.11 bits per heavy atom. The van der Waals surface area contributed by atoms with Gasteiger partial charge in [-0.05, 0) is 19.3 Å². The van der Waals surface area contributed by atoms with Crippen molar-refractivity contribution in [2.75, 3.05) is 0 Å². The second-order valence-corrected chi connectivity index (χ2v) is 5.82. The molecule has 1 aliphatic rings. The molecule has 1 amide bonds. The van der Waals surface area contributed by atoms with Gasteiger partial charge in [0, 0.05) is 11.1 Å². The zero-order valence-corrected chi connectivity index (χ0v) is 13.4. The van der Waals surface area contributed by atoms with Gasteiger partial charge in [-0.3, -0.25) is 4.79 Å². The maximum atomic E-state index is 12.0. The molecule has 110 valence electrons. The standard InChI is InChI=1S/C12H19N3OS.2ClH/c1-2-9-7-14-10(17-9)8-15-11(16)12(13)5-3-4-6-12;;/h7H,2-6,8,13H2,1H3,(H,15,16);2*1H. The highest BCUT2D eigenvalue weighted by Crippen LogP contribution is 2.27. The number of amides is 1. The summed E-state index contributed by atoms with van der Waals surface area (Å²) in [4.78, 5) is 17.5. The molecule has 0 unspecified atom stereocenters. The molecule has 3 N–H and O–H groups in total. The summed E-state index contributed by atoms with van der Waals surface area (Å²) in [6, 6.07) is 0. The van der Waals surface area contributed by atoms with E-state index in [4.69, 9.17) is 5.73 Å². The maximum Gasteiger partial charge on any atom is 0.240 e. The molecule has 0 aliphatic heterocycles. The molecule has 1 aromatic heterocycles. The first-order chi connectivity index (χ1) is 8.14. The minimum absolute atomic E-state index is 0. The number of nitrogens with zero attached hydrogens (tertiary/aromatic N) is 1. The van der Waals surface area contributed by atoms with Crippen molar-refractivity contribution in [1.29, 1.82) is 0 Å². The van der Waals surface area contributed by atoms with Crippen LogP contribution in [0.2, 0.25) is 0 Å². The monoisotopic (exact) mass is 325 g/mol. The zero-order valence-electron chi connectivity index (χ0n) is 11.0. The van der Waals surface area contributed by atoms with Crippen LogP contribution in [-0.2, 0) is 17.8 Å². The number of hydrogen-bond acceptors (Lipinski definition) is 4. The SMILES string of the molecule is CCc1cnc(CNC(=O)C2(N)CCCC2)s1.Cl.Cl. The lowest BCUT2D eigenvalue weighted by Crippen LogP contribution is -2.51. The Balaban J connectivity index is 0.00000162. The molecule has 0 spiro atoms. The Bertz CT molecular complexity index is 405. The lowest BCUT2D eigenvalue weighted by molar-refractivity contribution is -0.126. The molecule has 0 bridgehead atoms. The molecule has 0 atom stereocenters. The van der Waals surface area contributed by atoms with Crippen LogP contribution in [-0.4, -0.2) is 16.4 Å². The summed E-state index contributed by atoms with van der Waals surface area (Å²) >= 11 is 1.65. The molecule has 1 saturated carbocycles. The lowest BCUT2D eigenvalue weighted by atomic mass is 9.98. The van der Waals surface area contributed by atoms with Crippen LogP contribution in [0.3, 0.4) is 0 Å². The van der Waals surface area contributed by atoms with Crippen LogP contribution in [0.25, 0.3) is 0 Å². The first-order valence-corrected chi connectivity index (χ1v) is 6.96. The minimum Gasteiger partial charge on any atom is -0.348 e. The molecule has 1 heterocycles. The van der Waals surface area contributed by atoms with Crippen LogP contribution in [0.5, 0.6) is 0 Å². The highest BCUT2D eigenvalue weighted by Gasteiger charge is 2.36. The molecule has 2 rings (SSSR count). The van der Waals surface area contributed by atoms with Crippen LogP contribution in [0.15, 0.2) is 6.20 Å². The fourth-order valence-corrected chi connectivity index (χ4v) is 2.96. The summed E-state index contributed by atoms with van der Waals surface area (Å²) in [5.41, 5.74) is 5.43. The van der Waals surface area contributed by atoms with Crippen LogP contribution in [0.4, 0.5) is 0 Å². The van der Waals surface area contributed by atoms with Gasteiger partial charge >= 0.3 is 0 Å². The third kappa shape index (κ3) is 4.60. The van der Waals surface area contributed by atoms with Crippen LogP contribution >= 0.6 is 36.2 Å². The third-order valence-electron chi connectivity index (χ3n) is 3.30. The van der Waals surface area contributed by atoms with Gasteiger partial charge in [-0.15, -0.1) is 36.2 Å². The van der Waals surface area contributed by atoms with Crippen LogP contribution in [0.1, 0.15) is 42.5 Å².